The number of hydrogen-bond donors (Lipinski definition) is 1. The van der Waals surface area contributed by atoms with Crippen LogP contribution in [0.2, 0.25) is 0 Å². The lowest BCUT2D eigenvalue weighted by Crippen LogP contribution is -1.94. The van der Waals surface area contributed by atoms with Crippen LogP contribution < -0.4 is 5.73 Å². The van der Waals surface area contributed by atoms with E-state index in [9.17, 15) is 0 Å². The molecule has 0 radical (unpaired) electrons. The number of nitrogen functional groups attached to an aromatic ring is 1. The van der Waals surface area contributed by atoms with Crippen molar-refractivity contribution in [2.45, 2.75) is 5.75 Å². The number of rotatable bonds is 2. The van der Waals surface area contributed by atoms with E-state index in [1.807, 2.05) is 6.26 Å². The Labute approximate surface area is 64.1 Å². The molecule has 1 aromatic rings. The van der Waals surface area contributed by atoms with Gasteiger partial charge in [-0.05, 0) is 11.8 Å². The van der Waals surface area contributed by atoms with Crippen molar-refractivity contribution < 1.29 is 0 Å². The summed E-state index contributed by atoms with van der Waals surface area (Å²) in [6, 6.07) is 0. The summed E-state index contributed by atoms with van der Waals surface area (Å²) in [5, 5.41) is 0. The van der Waals surface area contributed by atoms with E-state index in [2.05, 4.69) is 9.97 Å². The molecule has 54 valence electrons. The number of anilines is 1. The average Bonchev–Trinajstić information content (AvgIpc) is 1.95. The zero-order valence-electron chi connectivity index (χ0n) is 5.74. The highest BCUT2D eigenvalue weighted by Crippen LogP contribution is 2.05. The molecule has 1 aromatic heterocycles. The molecule has 0 amide bonds. The van der Waals surface area contributed by atoms with Crippen molar-refractivity contribution in [2.75, 3.05) is 12.0 Å². The summed E-state index contributed by atoms with van der Waals surface area (Å²) in [6.07, 6.45) is 5.54. The molecule has 0 aliphatic heterocycles. The highest BCUT2D eigenvalue weighted by molar-refractivity contribution is 7.97. The van der Waals surface area contributed by atoms with Gasteiger partial charge >= 0.3 is 0 Å². The number of hydrogen-bond acceptors (Lipinski definition) is 4. The van der Waals surface area contributed by atoms with Crippen LogP contribution in [-0.4, -0.2) is 16.2 Å². The summed E-state index contributed by atoms with van der Waals surface area (Å²) in [4.78, 5) is 7.70. The second-order valence-electron chi connectivity index (χ2n) is 1.88. The first-order valence-electron chi connectivity index (χ1n) is 2.88. The van der Waals surface area contributed by atoms with E-state index in [-0.39, 0.29) is 0 Å². The Bertz CT molecular complexity index is 197. The van der Waals surface area contributed by atoms with Crippen LogP contribution in [0.15, 0.2) is 12.4 Å². The molecule has 0 spiro atoms. The number of nitrogens with zero attached hydrogens (tertiary/aromatic N) is 2. The van der Waals surface area contributed by atoms with E-state index in [0.29, 0.717) is 5.95 Å². The highest BCUT2D eigenvalue weighted by Gasteiger charge is 1.91. The minimum absolute atomic E-state index is 0.338. The van der Waals surface area contributed by atoms with Crippen LogP contribution in [0.25, 0.3) is 0 Å². The summed E-state index contributed by atoms with van der Waals surface area (Å²) in [7, 11) is 0. The number of nitrogens with two attached hydrogens (primary N) is 1. The summed E-state index contributed by atoms with van der Waals surface area (Å²) < 4.78 is 0. The molecule has 0 bridgehead atoms. The van der Waals surface area contributed by atoms with Crippen LogP contribution >= 0.6 is 11.8 Å². The molecule has 0 saturated carbocycles. The Hall–Kier alpha value is -0.770. The summed E-state index contributed by atoms with van der Waals surface area (Å²) in [5.41, 5.74) is 6.41. The fourth-order valence-corrected chi connectivity index (χ4v) is 1.09. The molecule has 0 unspecified atom stereocenters. The van der Waals surface area contributed by atoms with Crippen LogP contribution in [0.1, 0.15) is 5.56 Å². The second kappa shape index (κ2) is 3.41. The van der Waals surface area contributed by atoms with Crippen LogP contribution in [0.5, 0.6) is 0 Å². The smallest absolute Gasteiger partial charge is 0.219 e. The maximum Gasteiger partial charge on any atom is 0.219 e. The van der Waals surface area contributed by atoms with Crippen molar-refractivity contribution >= 4 is 17.7 Å². The fourth-order valence-electron chi connectivity index (χ4n) is 0.606. The Kier molecular flexibility index (Phi) is 2.50. The summed E-state index contributed by atoms with van der Waals surface area (Å²) in [5.74, 6) is 1.28. The van der Waals surface area contributed by atoms with Crippen LogP contribution in [-0.2, 0) is 5.75 Å². The lowest BCUT2D eigenvalue weighted by Gasteiger charge is -1.95. The van der Waals surface area contributed by atoms with Crippen molar-refractivity contribution in [3.05, 3.63) is 18.0 Å². The van der Waals surface area contributed by atoms with Gasteiger partial charge in [0.15, 0.2) is 0 Å². The number of thioether (sulfide) groups is 1. The third-order valence-electron chi connectivity index (χ3n) is 1.04. The van der Waals surface area contributed by atoms with E-state index >= 15 is 0 Å². The van der Waals surface area contributed by atoms with Gasteiger partial charge in [-0.25, -0.2) is 9.97 Å². The third kappa shape index (κ3) is 1.88. The van der Waals surface area contributed by atoms with Gasteiger partial charge in [0, 0.05) is 18.1 Å². The zero-order valence-corrected chi connectivity index (χ0v) is 6.56. The van der Waals surface area contributed by atoms with Crippen molar-refractivity contribution in [3.63, 3.8) is 0 Å². The molecule has 3 nitrogen and oxygen atoms in total. The first-order chi connectivity index (χ1) is 4.83. The largest absolute Gasteiger partial charge is 0.368 e. The maximum atomic E-state index is 5.29. The molecule has 1 heterocycles. The predicted octanol–water partition coefficient (Wildman–Crippen LogP) is 0.922. The van der Waals surface area contributed by atoms with Gasteiger partial charge in [-0.1, -0.05) is 0 Å². The monoisotopic (exact) mass is 155 g/mol. The van der Waals surface area contributed by atoms with E-state index in [1.165, 1.54) is 0 Å². The van der Waals surface area contributed by atoms with E-state index in [4.69, 9.17) is 5.73 Å². The number of aromatic nitrogens is 2. The van der Waals surface area contributed by atoms with E-state index < -0.39 is 0 Å². The van der Waals surface area contributed by atoms with Crippen LogP contribution in [0.4, 0.5) is 5.95 Å². The molecular formula is C6H9N3S. The molecular weight excluding hydrogens is 146 g/mol. The normalized spacial score (nSPS) is 9.70. The fraction of sp³-hybridized carbons (Fsp3) is 0.333. The van der Waals surface area contributed by atoms with Crippen molar-refractivity contribution in [3.8, 4) is 0 Å². The molecule has 0 aliphatic rings. The quantitative estimate of drug-likeness (QED) is 0.690. The van der Waals surface area contributed by atoms with Gasteiger partial charge in [-0.2, -0.15) is 11.8 Å². The molecule has 0 aromatic carbocycles. The van der Waals surface area contributed by atoms with Gasteiger partial charge in [0.1, 0.15) is 0 Å². The Morgan fingerprint density at radius 2 is 2.10 bits per heavy atom. The standard InChI is InChI=1S/C6H9N3S/c1-10-4-5-2-8-6(7)9-3-5/h2-3H,4H2,1H3,(H2,7,8,9). The van der Waals surface area contributed by atoms with Crippen LogP contribution in [0, 0.1) is 0 Å². The van der Waals surface area contributed by atoms with Crippen molar-refractivity contribution in [1.82, 2.24) is 9.97 Å². The average molecular weight is 155 g/mol. The molecule has 0 fully saturated rings. The molecule has 2 N–H and O–H groups in total. The van der Waals surface area contributed by atoms with Crippen molar-refractivity contribution in [2.24, 2.45) is 0 Å². The summed E-state index contributed by atoms with van der Waals surface area (Å²) >= 11 is 1.74. The predicted molar refractivity (Wildman–Crippen MR) is 43.7 cm³/mol. The molecule has 4 heteroatoms. The van der Waals surface area contributed by atoms with Gasteiger partial charge in [-0.15, -0.1) is 0 Å². The van der Waals surface area contributed by atoms with Crippen molar-refractivity contribution in [1.29, 1.82) is 0 Å². The molecule has 0 aliphatic carbocycles. The second-order valence-corrected chi connectivity index (χ2v) is 2.75. The maximum absolute atomic E-state index is 5.29. The van der Waals surface area contributed by atoms with Gasteiger partial charge < -0.3 is 5.73 Å². The van der Waals surface area contributed by atoms with E-state index in [1.54, 1.807) is 24.2 Å². The Morgan fingerprint density at radius 1 is 1.50 bits per heavy atom. The molecule has 0 saturated heterocycles. The van der Waals surface area contributed by atoms with Gasteiger partial charge in [0.2, 0.25) is 5.95 Å². The summed E-state index contributed by atoms with van der Waals surface area (Å²) in [6.45, 7) is 0. The Morgan fingerprint density at radius 3 is 2.60 bits per heavy atom. The lowest BCUT2D eigenvalue weighted by molar-refractivity contribution is 1.14. The molecule has 0 atom stereocenters. The van der Waals surface area contributed by atoms with E-state index in [0.717, 1.165) is 11.3 Å². The molecule has 10 heavy (non-hydrogen) atoms. The van der Waals surface area contributed by atoms with Crippen LogP contribution in [0.3, 0.4) is 0 Å². The third-order valence-corrected chi connectivity index (χ3v) is 1.66. The highest BCUT2D eigenvalue weighted by atomic mass is 32.2. The minimum atomic E-state index is 0.338. The SMILES string of the molecule is CSCc1cnc(N)nc1. The van der Waals surface area contributed by atoms with Gasteiger partial charge in [-0.3, -0.25) is 0 Å². The van der Waals surface area contributed by atoms with Gasteiger partial charge in [0.25, 0.3) is 0 Å². The first-order valence-corrected chi connectivity index (χ1v) is 4.27. The first kappa shape index (κ1) is 7.34. The molecule has 1 rings (SSSR count). The lowest BCUT2D eigenvalue weighted by atomic mass is 10.4. The Balaban J connectivity index is 2.69. The topological polar surface area (TPSA) is 51.8 Å². The zero-order chi connectivity index (χ0) is 7.40. The van der Waals surface area contributed by atoms with Gasteiger partial charge in [0.05, 0.1) is 0 Å². The minimum Gasteiger partial charge on any atom is -0.368 e.